The molecule has 14 nitrogen and oxygen atoms in total. The first-order valence-corrected chi connectivity index (χ1v) is 23.7. The van der Waals surface area contributed by atoms with E-state index >= 15 is 0 Å². The van der Waals surface area contributed by atoms with Crippen molar-refractivity contribution in [2.45, 2.75) is 209 Å². The van der Waals surface area contributed by atoms with Gasteiger partial charge in [0.25, 0.3) is 0 Å². The molecular formula is C49H83NO13. The van der Waals surface area contributed by atoms with E-state index in [9.17, 15) is 45.6 Å². The van der Waals surface area contributed by atoms with E-state index in [1.54, 1.807) is 6.08 Å². The number of nitrogens with one attached hydrogen (secondary N) is 1. The fourth-order valence-corrected chi connectivity index (χ4v) is 7.24. The number of hydrogen-bond acceptors (Lipinski definition) is 13. The number of allylic oxidation sites excluding steroid dienone is 11. The van der Waals surface area contributed by atoms with Crippen LogP contribution in [-0.2, 0) is 23.7 Å². The molecule has 2 aliphatic rings. The summed E-state index contributed by atoms with van der Waals surface area (Å²) in [5.74, 6) is -0.295. The predicted molar refractivity (Wildman–Crippen MR) is 244 cm³/mol. The molecular weight excluding hydrogens is 811 g/mol. The molecule has 0 aromatic carbocycles. The number of carbonyl (C=O) groups is 1. The molecule has 2 heterocycles. The van der Waals surface area contributed by atoms with Crippen LogP contribution in [0.25, 0.3) is 0 Å². The first-order valence-electron chi connectivity index (χ1n) is 23.7. The normalized spacial score (nSPS) is 28.2. The third kappa shape index (κ3) is 23.4. The minimum atomic E-state index is -1.80. The van der Waals surface area contributed by atoms with Crippen LogP contribution >= 0.6 is 0 Å². The van der Waals surface area contributed by atoms with E-state index in [4.69, 9.17) is 18.9 Å². The standard InChI is InChI=1S/C49H83NO13/c1-3-5-7-9-11-13-15-17-19-21-23-25-27-29-31-33-41(54)50-37(38(53)32-30-28-26-24-22-20-18-16-14-12-10-8-6-4-2)36-60-48-46(59)44(57)47(40(35-52)62-48)63-49-45(58)43(56)42(55)39(34-51)61-49/h5,7,11,13,17,19,22-25,30,32,37-40,42-49,51-53,55-59H,3-4,6,8-10,12,14-16,18,20-21,26-29,31,33-36H2,1-2H3,(H,50,54)/b7-5-,13-11-,19-17-,24-22+,25-23-,32-30+. The van der Waals surface area contributed by atoms with Gasteiger partial charge >= 0.3 is 0 Å². The van der Waals surface area contributed by atoms with Crippen LogP contribution < -0.4 is 5.32 Å². The number of rotatable bonds is 34. The number of aliphatic hydroxyl groups excluding tert-OH is 8. The Kier molecular flexibility index (Phi) is 32.0. The maximum absolute atomic E-state index is 13.1. The molecule has 63 heavy (non-hydrogen) atoms. The maximum Gasteiger partial charge on any atom is 0.220 e. The van der Waals surface area contributed by atoms with Gasteiger partial charge in [-0.3, -0.25) is 4.79 Å². The molecule has 14 heteroatoms. The Balaban J connectivity index is 1.93. The van der Waals surface area contributed by atoms with Crippen LogP contribution in [0.2, 0.25) is 0 Å². The maximum atomic E-state index is 13.1. The summed E-state index contributed by atoms with van der Waals surface area (Å²) in [7, 11) is 0. The second kappa shape index (κ2) is 35.7. The Morgan fingerprint density at radius 1 is 0.587 bits per heavy atom. The highest BCUT2D eigenvalue weighted by atomic mass is 16.7. The first-order chi connectivity index (χ1) is 30.6. The zero-order valence-corrected chi connectivity index (χ0v) is 38.0. The summed E-state index contributed by atoms with van der Waals surface area (Å²) in [6, 6.07) is -0.954. The van der Waals surface area contributed by atoms with Gasteiger partial charge < -0.3 is 65.1 Å². The number of ether oxygens (including phenoxy) is 4. The highest BCUT2D eigenvalue weighted by Crippen LogP contribution is 2.30. The lowest BCUT2D eigenvalue weighted by Gasteiger charge is -2.46. The molecule has 0 radical (unpaired) electrons. The van der Waals surface area contributed by atoms with Gasteiger partial charge in [-0.1, -0.05) is 132 Å². The monoisotopic (exact) mass is 894 g/mol. The Morgan fingerprint density at radius 2 is 1.11 bits per heavy atom. The van der Waals surface area contributed by atoms with Crippen LogP contribution in [0.15, 0.2) is 72.9 Å². The highest BCUT2D eigenvalue weighted by molar-refractivity contribution is 5.76. The molecule has 0 aromatic heterocycles. The fraction of sp³-hybridized carbons (Fsp3) is 0.735. The molecule has 12 unspecified atom stereocenters. The number of carbonyl (C=O) groups excluding carboxylic acids is 1. The van der Waals surface area contributed by atoms with Gasteiger partial charge in [0.05, 0.1) is 32.0 Å². The van der Waals surface area contributed by atoms with Crippen molar-refractivity contribution in [1.29, 1.82) is 0 Å². The molecule has 2 saturated heterocycles. The molecule has 0 spiro atoms. The van der Waals surface area contributed by atoms with E-state index in [2.05, 4.69) is 79.9 Å². The second-order valence-corrected chi connectivity index (χ2v) is 16.5. The van der Waals surface area contributed by atoms with Gasteiger partial charge in [0.15, 0.2) is 12.6 Å². The summed E-state index contributed by atoms with van der Waals surface area (Å²) >= 11 is 0. The highest BCUT2D eigenvalue weighted by Gasteiger charge is 2.50. The summed E-state index contributed by atoms with van der Waals surface area (Å²) in [5, 5.41) is 86.5. The Bertz CT molecular complexity index is 1330. The van der Waals surface area contributed by atoms with Crippen molar-refractivity contribution in [3.05, 3.63) is 72.9 Å². The summed E-state index contributed by atoms with van der Waals surface area (Å²) in [6.07, 6.45) is 26.6. The molecule has 1 amide bonds. The van der Waals surface area contributed by atoms with E-state index in [1.165, 1.54) is 51.4 Å². The van der Waals surface area contributed by atoms with Crippen LogP contribution in [0, 0.1) is 0 Å². The Morgan fingerprint density at radius 3 is 1.75 bits per heavy atom. The minimum Gasteiger partial charge on any atom is -0.394 e. The lowest BCUT2D eigenvalue weighted by Crippen LogP contribution is -2.65. The van der Waals surface area contributed by atoms with Gasteiger partial charge in [0.2, 0.25) is 5.91 Å². The predicted octanol–water partition coefficient (Wildman–Crippen LogP) is 5.26. The van der Waals surface area contributed by atoms with E-state index in [1.807, 2.05) is 6.08 Å². The van der Waals surface area contributed by atoms with E-state index in [0.717, 1.165) is 51.4 Å². The molecule has 2 rings (SSSR count). The summed E-state index contributed by atoms with van der Waals surface area (Å²) in [5.41, 5.74) is 0. The quantitative estimate of drug-likeness (QED) is 0.0297. The van der Waals surface area contributed by atoms with Crippen molar-refractivity contribution in [3.8, 4) is 0 Å². The third-order valence-electron chi connectivity index (χ3n) is 11.1. The molecule has 0 aliphatic carbocycles. The van der Waals surface area contributed by atoms with Gasteiger partial charge in [-0.15, -0.1) is 0 Å². The van der Waals surface area contributed by atoms with Crippen LogP contribution in [-0.4, -0.2) is 140 Å². The van der Waals surface area contributed by atoms with Crippen molar-refractivity contribution in [2.75, 3.05) is 19.8 Å². The number of amides is 1. The van der Waals surface area contributed by atoms with Gasteiger partial charge in [0, 0.05) is 6.42 Å². The van der Waals surface area contributed by atoms with Gasteiger partial charge in [-0.05, 0) is 70.6 Å². The van der Waals surface area contributed by atoms with Gasteiger partial charge in [-0.2, -0.15) is 0 Å². The second-order valence-electron chi connectivity index (χ2n) is 16.5. The van der Waals surface area contributed by atoms with Crippen LogP contribution in [0.1, 0.15) is 136 Å². The SMILES string of the molecule is CC/C=C\C/C=C\C/C=C\C/C=C\CCCCC(=O)NC(COC1OC(CO)C(OC2OC(CO)C(O)C(O)C2O)C(O)C1O)C(O)/C=C/CC/C=C/CCCCCCCCCC. The van der Waals surface area contributed by atoms with E-state index in [-0.39, 0.29) is 18.9 Å². The first kappa shape index (κ1) is 56.6. The Hall–Kier alpha value is -2.57. The van der Waals surface area contributed by atoms with Crippen LogP contribution in [0.4, 0.5) is 0 Å². The molecule has 0 aromatic rings. The third-order valence-corrected chi connectivity index (χ3v) is 11.1. The average molecular weight is 894 g/mol. The van der Waals surface area contributed by atoms with Crippen molar-refractivity contribution in [1.82, 2.24) is 5.32 Å². The smallest absolute Gasteiger partial charge is 0.220 e. The van der Waals surface area contributed by atoms with Crippen molar-refractivity contribution < 1.29 is 64.6 Å². The molecule has 2 fully saturated rings. The van der Waals surface area contributed by atoms with Crippen molar-refractivity contribution >= 4 is 5.91 Å². The lowest BCUT2D eigenvalue weighted by molar-refractivity contribution is -0.359. The average Bonchev–Trinajstić information content (AvgIpc) is 3.28. The number of unbranched alkanes of at least 4 members (excludes halogenated alkanes) is 11. The molecule has 0 bridgehead atoms. The van der Waals surface area contributed by atoms with Crippen LogP contribution in [0.3, 0.4) is 0 Å². The van der Waals surface area contributed by atoms with E-state index in [0.29, 0.717) is 12.8 Å². The van der Waals surface area contributed by atoms with Gasteiger partial charge in [-0.25, -0.2) is 0 Å². The van der Waals surface area contributed by atoms with Gasteiger partial charge in [0.1, 0.15) is 48.8 Å². The largest absolute Gasteiger partial charge is 0.394 e. The van der Waals surface area contributed by atoms with Crippen molar-refractivity contribution in [2.24, 2.45) is 0 Å². The minimum absolute atomic E-state index is 0.217. The zero-order chi connectivity index (χ0) is 46.1. The lowest BCUT2D eigenvalue weighted by atomic mass is 9.97. The number of aliphatic hydroxyl groups is 8. The summed E-state index contributed by atoms with van der Waals surface area (Å²) < 4.78 is 22.6. The van der Waals surface area contributed by atoms with Crippen LogP contribution in [0.5, 0.6) is 0 Å². The topological polar surface area (TPSA) is 228 Å². The summed E-state index contributed by atoms with van der Waals surface area (Å²) in [6.45, 7) is 2.58. The molecule has 362 valence electrons. The fourth-order valence-electron chi connectivity index (χ4n) is 7.24. The molecule has 2 aliphatic heterocycles. The summed E-state index contributed by atoms with van der Waals surface area (Å²) in [4.78, 5) is 13.1. The van der Waals surface area contributed by atoms with E-state index < -0.39 is 86.8 Å². The number of hydrogen-bond donors (Lipinski definition) is 9. The van der Waals surface area contributed by atoms with Crippen molar-refractivity contribution in [3.63, 3.8) is 0 Å². The Labute approximate surface area is 377 Å². The molecule has 0 saturated carbocycles. The molecule has 12 atom stereocenters. The molecule has 9 N–H and O–H groups in total. The zero-order valence-electron chi connectivity index (χ0n) is 38.0.